The lowest BCUT2D eigenvalue weighted by Crippen LogP contribution is -2.26. The monoisotopic (exact) mass is 411 g/mol. The van der Waals surface area contributed by atoms with E-state index >= 15 is 0 Å². The van der Waals surface area contributed by atoms with E-state index < -0.39 is 0 Å². The number of benzene rings is 1. The summed E-state index contributed by atoms with van der Waals surface area (Å²) in [5.74, 6) is 1.41. The molecule has 0 radical (unpaired) electrons. The van der Waals surface area contributed by atoms with Crippen molar-refractivity contribution in [3.63, 3.8) is 0 Å². The van der Waals surface area contributed by atoms with Gasteiger partial charge >= 0.3 is 0 Å². The second-order valence-electron chi connectivity index (χ2n) is 7.50. The smallest absolute Gasteiger partial charge is 0.259 e. The number of fused-ring (bicyclic) bond motifs is 3. The zero-order chi connectivity index (χ0) is 20.4. The Bertz CT molecular complexity index is 1090. The minimum atomic E-state index is -0.0663. The Labute approximate surface area is 173 Å². The second kappa shape index (κ2) is 8.37. The fourth-order valence-corrected chi connectivity index (χ4v) is 5.12. The number of aromatic nitrogens is 2. The molecule has 0 saturated heterocycles. The number of nitrogens with one attached hydrogen (secondary N) is 1. The van der Waals surface area contributed by atoms with Gasteiger partial charge in [0.25, 0.3) is 5.56 Å². The number of hydrogen-bond acceptors (Lipinski definition) is 5. The molecule has 0 spiro atoms. The number of aryl methyl sites for hydroxylation is 3. The molecule has 6 nitrogen and oxygen atoms in total. The number of carbonyl (C=O) groups excluding carboxylic acids is 1. The van der Waals surface area contributed by atoms with Crippen molar-refractivity contribution >= 4 is 27.5 Å². The van der Waals surface area contributed by atoms with Crippen LogP contribution in [0.15, 0.2) is 29.1 Å². The number of aromatic amines is 1. The van der Waals surface area contributed by atoms with Gasteiger partial charge in [-0.1, -0.05) is 12.1 Å². The molecule has 1 amide bonds. The van der Waals surface area contributed by atoms with Crippen molar-refractivity contribution in [3.8, 4) is 5.75 Å². The van der Waals surface area contributed by atoms with E-state index in [0.717, 1.165) is 40.8 Å². The topological polar surface area (TPSA) is 75.3 Å². The first-order chi connectivity index (χ1) is 14.0. The first-order valence-corrected chi connectivity index (χ1v) is 10.8. The molecule has 1 aromatic carbocycles. The van der Waals surface area contributed by atoms with E-state index in [1.54, 1.807) is 30.4 Å². The third-order valence-electron chi connectivity index (χ3n) is 5.45. The number of methoxy groups -OCH3 is 1. The molecule has 1 aliphatic carbocycles. The summed E-state index contributed by atoms with van der Waals surface area (Å²) >= 11 is 1.64. The summed E-state index contributed by atoms with van der Waals surface area (Å²) in [6.45, 7) is 0.531. The normalized spacial score (nSPS) is 13.3. The Morgan fingerprint density at radius 1 is 1.24 bits per heavy atom. The molecule has 2 heterocycles. The maximum atomic E-state index is 12.6. The van der Waals surface area contributed by atoms with Gasteiger partial charge in [-0.3, -0.25) is 9.59 Å². The van der Waals surface area contributed by atoms with Crippen LogP contribution in [0.2, 0.25) is 0 Å². The Kier molecular flexibility index (Phi) is 5.67. The maximum Gasteiger partial charge on any atom is 0.259 e. The summed E-state index contributed by atoms with van der Waals surface area (Å²) in [5.41, 5.74) is 2.16. The standard InChI is InChI=1S/C22H25N3O3S/c1-25(13-14-7-9-15(28-2)10-8-14)19(26)12-11-18-23-21(27)20-16-5-3-4-6-17(16)29-22(20)24-18/h7-10H,3-6,11-13H2,1-2H3,(H,23,24,27). The highest BCUT2D eigenvalue weighted by molar-refractivity contribution is 7.18. The number of carbonyl (C=O) groups is 1. The minimum Gasteiger partial charge on any atom is -0.497 e. The molecular formula is C22H25N3O3S. The van der Waals surface area contributed by atoms with Crippen LogP contribution >= 0.6 is 11.3 Å². The average Bonchev–Trinajstić information content (AvgIpc) is 3.11. The van der Waals surface area contributed by atoms with Crippen LogP contribution in [0.1, 0.15) is 41.1 Å². The van der Waals surface area contributed by atoms with Gasteiger partial charge in [0, 0.05) is 31.3 Å². The molecule has 7 heteroatoms. The van der Waals surface area contributed by atoms with Crippen molar-refractivity contribution in [2.24, 2.45) is 0 Å². The number of nitrogens with zero attached hydrogens (tertiary/aromatic N) is 2. The highest BCUT2D eigenvalue weighted by Crippen LogP contribution is 2.33. The van der Waals surface area contributed by atoms with Gasteiger partial charge in [-0.25, -0.2) is 4.98 Å². The van der Waals surface area contributed by atoms with Gasteiger partial charge in [-0.2, -0.15) is 0 Å². The van der Waals surface area contributed by atoms with Crippen molar-refractivity contribution in [3.05, 3.63) is 56.4 Å². The van der Waals surface area contributed by atoms with Crippen molar-refractivity contribution < 1.29 is 9.53 Å². The van der Waals surface area contributed by atoms with Crippen LogP contribution in [-0.2, 0) is 30.6 Å². The van der Waals surface area contributed by atoms with Gasteiger partial charge < -0.3 is 14.6 Å². The molecule has 0 unspecified atom stereocenters. The van der Waals surface area contributed by atoms with E-state index in [1.807, 2.05) is 24.3 Å². The molecule has 0 bridgehead atoms. The molecule has 0 fully saturated rings. The SMILES string of the molecule is COc1ccc(CN(C)C(=O)CCc2nc3sc4c(c3c(=O)[nH]2)CCCC4)cc1. The molecule has 29 heavy (non-hydrogen) atoms. The Morgan fingerprint density at radius 3 is 2.76 bits per heavy atom. The van der Waals surface area contributed by atoms with Gasteiger partial charge in [0.15, 0.2) is 0 Å². The predicted octanol–water partition coefficient (Wildman–Crippen LogP) is 3.46. The van der Waals surface area contributed by atoms with Crippen molar-refractivity contribution in [1.82, 2.24) is 14.9 Å². The van der Waals surface area contributed by atoms with Gasteiger partial charge in [-0.05, 0) is 48.9 Å². The van der Waals surface area contributed by atoms with E-state index in [2.05, 4.69) is 9.97 Å². The Balaban J connectivity index is 1.42. The van der Waals surface area contributed by atoms with Crippen molar-refractivity contribution in [2.45, 2.75) is 45.1 Å². The fourth-order valence-electron chi connectivity index (χ4n) is 3.84. The number of rotatable bonds is 6. The summed E-state index contributed by atoms with van der Waals surface area (Å²) in [6, 6.07) is 7.68. The van der Waals surface area contributed by atoms with Crippen LogP contribution in [0.25, 0.3) is 10.2 Å². The van der Waals surface area contributed by atoms with Crippen LogP contribution in [0.3, 0.4) is 0 Å². The average molecular weight is 412 g/mol. The zero-order valence-corrected chi connectivity index (χ0v) is 17.6. The number of thiophene rings is 1. The van der Waals surface area contributed by atoms with E-state index in [-0.39, 0.29) is 11.5 Å². The molecule has 2 aromatic heterocycles. The molecule has 0 aliphatic heterocycles. The molecular weight excluding hydrogens is 386 g/mol. The van der Waals surface area contributed by atoms with Gasteiger partial charge in [0.1, 0.15) is 16.4 Å². The summed E-state index contributed by atoms with van der Waals surface area (Å²) in [4.78, 5) is 36.5. The molecule has 1 aliphatic rings. The van der Waals surface area contributed by atoms with Crippen LogP contribution < -0.4 is 10.3 Å². The molecule has 0 saturated carbocycles. The van der Waals surface area contributed by atoms with Crippen molar-refractivity contribution in [2.75, 3.05) is 14.2 Å². The van der Waals surface area contributed by atoms with Crippen LogP contribution in [0, 0.1) is 0 Å². The van der Waals surface area contributed by atoms with E-state index in [4.69, 9.17) is 4.74 Å². The van der Waals surface area contributed by atoms with E-state index in [9.17, 15) is 9.59 Å². The Morgan fingerprint density at radius 2 is 2.00 bits per heavy atom. The van der Waals surface area contributed by atoms with Crippen LogP contribution in [0.4, 0.5) is 0 Å². The molecule has 3 aromatic rings. The Hall–Kier alpha value is -2.67. The summed E-state index contributed by atoms with van der Waals surface area (Å²) in [7, 11) is 3.42. The number of amides is 1. The molecule has 152 valence electrons. The van der Waals surface area contributed by atoms with Gasteiger partial charge in [0.2, 0.25) is 5.91 Å². The highest BCUT2D eigenvalue weighted by atomic mass is 32.1. The van der Waals surface area contributed by atoms with E-state index in [1.165, 1.54) is 16.9 Å². The summed E-state index contributed by atoms with van der Waals surface area (Å²) in [6.07, 6.45) is 5.06. The summed E-state index contributed by atoms with van der Waals surface area (Å²) < 4.78 is 5.16. The molecule has 4 rings (SSSR count). The zero-order valence-electron chi connectivity index (χ0n) is 16.8. The lowest BCUT2D eigenvalue weighted by atomic mass is 9.97. The van der Waals surface area contributed by atoms with Gasteiger partial charge in [0.05, 0.1) is 12.5 Å². The third kappa shape index (κ3) is 4.19. The largest absolute Gasteiger partial charge is 0.497 e. The number of H-pyrrole nitrogens is 1. The summed E-state index contributed by atoms with van der Waals surface area (Å²) in [5, 5.41) is 0.761. The second-order valence-corrected chi connectivity index (χ2v) is 8.59. The first-order valence-electron chi connectivity index (χ1n) is 9.95. The van der Waals surface area contributed by atoms with E-state index in [0.29, 0.717) is 25.2 Å². The fraction of sp³-hybridized carbons (Fsp3) is 0.409. The lowest BCUT2D eigenvalue weighted by molar-refractivity contribution is -0.130. The highest BCUT2D eigenvalue weighted by Gasteiger charge is 2.20. The van der Waals surface area contributed by atoms with Crippen LogP contribution in [-0.4, -0.2) is 34.9 Å². The van der Waals surface area contributed by atoms with Gasteiger partial charge in [-0.15, -0.1) is 11.3 Å². The molecule has 0 atom stereocenters. The number of ether oxygens (including phenoxy) is 1. The number of hydrogen-bond donors (Lipinski definition) is 1. The van der Waals surface area contributed by atoms with Crippen molar-refractivity contribution in [1.29, 1.82) is 0 Å². The van der Waals surface area contributed by atoms with Crippen LogP contribution in [0.5, 0.6) is 5.75 Å². The quantitative estimate of drug-likeness (QED) is 0.674. The minimum absolute atomic E-state index is 0.0223. The third-order valence-corrected chi connectivity index (χ3v) is 6.64. The molecule has 1 N–H and O–H groups in total. The predicted molar refractivity (Wildman–Crippen MR) is 115 cm³/mol. The maximum absolute atomic E-state index is 12.6. The lowest BCUT2D eigenvalue weighted by Gasteiger charge is -2.17. The first kappa shape index (κ1) is 19.6.